The van der Waals surface area contributed by atoms with Gasteiger partial charge in [0.1, 0.15) is 6.04 Å². The topological polar surface area (TPSA) is 43.8 Å². The second-order valence-electron chi connectivity index (χ2n) is 2.47. The molecule has 12 heavy (non-hydrogen) atoms. The van der Waals surface area contributed by atoms with Crippen LogP contribution in [0.5, 0.6) is 0 Å². The molecular weight excluding hydrogens is 171 g/mol. The van der Waals surface area contributed by atoms with Gasteiger partial charge in [0.05, 0.1) is 6.20 Å². The Hall–Kier alpha value is -1.04. The van der Waals surface area contributed by atoms with Crippen LogP contribution in [-0.4, -0.2) is 16.0 Å². The van der Waals surface area contributed by atoms with Gasteiger partial charge >= 0.3 is 6.18 Å². The van der Waals surface area contributed by atoms with Crippen LogP contribution >= 0.6 is 0 Å². The molecule has 0 aliphatic rings. The van der Waals surface area contributed by atoms with Gasteiger partial charge in [0.2, 0.25) is 0 Å². The highest BCUT2D eigenvalue weighted by Crippen LogP contribution is 2.29. The van der Waals surface area contributed by atoms with E-state index in [1.807, 2.05) is 0 Å². The lowest BCUT2D eigenvalue weighted by molar-refractivity contribution is -0.149. The Morgan fingerprint density at radius 1 is 1.58 bits per heavy atom. The largest absolute Gasteiger partial charge is 0.407 e. The highest BCUT2D eigenvalue weighted by Gasteiger charge is 2.38. The highest BCUT2D eigenvalue weighted by molar-refractivity contribution is 5.11. The van der Waals surface area contributed by atoms with E-state index in [2.05, 4.69) is 5.10 Å². The van der Waals surface area contributed by atoms with Crippen LogP contribution in [0.4, 0.5) is 13.2 Å². The second-order valence-corrected chi connectivity index (χ2v) is 2.47. The third-order valence-electron chi connectivity index (χ3n) is 1.44. The number of hydrogen-bond acceptors (Lipinski definition) is 2. The van der Waals surface area contributed by atoms with Crippen LogP contribution in [0.15, 0.2) is 12.4 Å². The third kappa shape index (κ3) is 1.76. The molecule has 1 aromatic rings. The second kappa shape index (κ2) is 2.78. The van der Waals surface area contributed by atoms with Crippen molar-refractivity contribution in [3.8, 4) is 0 Å². The van der Waals surface area contributed by atoms with Crippen molar-refractivity contribution in [2.24, 2.45) is 12.8 Å². The molecule has 6 heteroatoms. The summed E-state index contributed by atoms with van der Waals surface area (Å²) in [6.07, 6.45) is -2.04. The SMILES string of the molecule is Cn1cc(C(N)C(F)(F)F)cn1. The standard InChI is InChI=1S/C6H8F3N3/c1-12-3-4(2-11-12)5(10)6(7,8)9/h2-3,5H,10H2,1H3. The van der Waals surface area contributed by atoms with Crippen LogP contribution in [-0.2, 0) is 7.05 Å². The molecule has 68 valence electrons. The number of aromatic nitrogens is 2. The van der Waals surface area contributed by atoms with E-state index in [1.54, 1.807) is 0 Å². The summed E-state index contributed by atoms with van der Waals surface area (Å²) in [6, 6.07) is -1.94. The fourth-order valence-corrected chi connectivity index (χ4v) is 0.790. The molecule has 3 nitrogen and oxygen atoms in total. The van der Waals surface area contributed by atoms with Crippen LogP contribution in [0.25, 0.3) is 0 Å². The summed E-state index contributed by atoms with van der Waals surface area (Å²) in [6.45, 7) is 0. The molecule has 1 atom stereocenters. The molecule has 0 fully saturated rings. The van der Waals surface area contributed by atoms with Crippen LogP contribution in [0.1, 0.15) is 11.6 Å². The Kier molecular flexibility index (Phi) is 2.10. The zero-order chi connectivity index (χ0) is 9.35. The minimum atomic E-state index is -4.40. The molecular formula is C6H8F3N3. The van der Waals surface area contributed by atoms with Gasteiger partial charge in [0, 0.05) is 18.8 Å². The number of alkyl halides is 3. The van der Waals surface area contributed by atoms with Crippen molar-refractivity contribution in [1.82, 2.24) is 9.78 Å². The summed E-state index contributed by atoms with van der Waals surface area (Å²) in [5, 5.41) is 3.59. The zero-order valence-corrected chi connectivity index (χ0v) is 6.34. The number of nitrogens with two attached hydrogens (primary N) is 1. The van der Waals surface area contributed by atoms with Crippen molar-refractivity contribution in [2.45, 2.75) is 12.2 Å². The third-order valence-corrected chi connectivity index (χ3v) is 1.44. The monoisotopic (exact) mass is 179 g/mol. The van der Waals surface area contributed by atoms with E-state index in [0.29, 0.717) is 0 Å². The number of rotatable bonds is 1. The Bertz CT molecular complexity index is 265. The molecule has 1 rings (SSSR count). The molecule has 0 aliphatic heterocycles. The van der Waals surface area contributed by atoms with Gasteiger partial charge in [-0.15, -0.1) is 0 Å². The van der Waals surface area contributed by atoms with E-state index in [9.17, 15) is 13.2 Å². The first-order chi connectivity index (χ1) is 5.41. The van der Waals surface area contributed by atoms with Gasteiger partial charge in [-0.05, 0) is 0 Å². The predicted molar refractivity (Wildman–Crippen MR) is 36.2 cm³/mol. The van der Waals surface area contributed by atoms with Gasteiger partial charge in [-0.25, -0.2) is 0 Å². The number of halogens is 3. The Labute approximate surface area is 67.0 Å². The van der Waals surface area contributed by atoms with Crippen molar-refractivity contribution in [3.05, 3.63) is 18.0 Å². The smallest absolute Gasteiger partial charge is 0.316 e. The van der Waals surface area contributed by atoms with Crippen molar-refractivity contribution in [3.63, 3.8) is 0 Å². The number of hydrogen-bond donors (Lipinski definition) is 1. The average Bonchev–Trinajstić information content (AvgIpc) is 2.32. The normalized spacial score (nSPS) is 14.8. The van der Waals surface area contributed by atoms with E-state index in [1.165, 1.54) is 17.9 Å². The minimum Gasteiger partial charge on any atom is -0.316 e. The fraction of sp³-hybridized carbons (Fsp3) is 0.500. The van der Waals surface area contributed by atoms with Gasteiger partial charge in [-0.3, -0.25) is 4.68 Å². The molecule has 0 aromatic carbocycles. The van der Waals surface area contributed by atoms with Crippen molar-refractivity contribution in [2.75, 3.05) is 0 Å². The molecule has 0 saturated carbocycles. The molecule has 0 bridgehead atoms. The van der Waals surface area contributed by atoms with E-state index in [4.69, 9.17) is 5.73 Å². The lowest BCUT2D eigenvalue weighted by Gasteiger charge is -2.12. The summed E-state index contributed by atoms with van der Waals surface area (Å²) in [5.74, 6) is 0. The molecule has 1 heterocycles. The lowest BCUT2D eigenvalue weighted by atomic mass is 10.2. The van der Waals surface area contributed by atoms with Gasteiger partial charge in [0.15, 0.2) is 0 Å². The van der Waals surface area contributed by atoms with E-state index in [-0.39, 0.29) is 5.56 Å². The maximum absolute atomic E-state index is 12.0. The molecule has 0 spiro atoms. The fourth-order valence-electron chi connectivity index (χ4n) is 0.790. The number of aryl methyl sites for hydroxylation is 1. The first-order valence-electron chi connectivity index (χ1n) is 3.22. The Balaban J connectivity index is 2.85. The predicted octanol–water partition coefficient (Wildman–Crippen LogP) is 0.982. The first-order valence-corrected chi connectivity index (χ1v) is 3.22. The van der Waals surface area contributed by atoms with Crippen LogP contribution < -0.4 is 5.73 Å². The van der Waals surface area contributed by atoms with Gasteiger partial charge in [-0.2, -0.15) is 18.3 Å². The van der Waals surface area contributed by atoms with E-state index >= 15 is 0 Å². The van der Waals surface area contributed by atoms with Crippen LogP contribution in [0.3, 0.4) is 0 Å². The summed E-state index contributed by atoms with van der Waals surface area (Å²) >= 11 is 0. The van der Waals surface area contributed by atoms with Gasteiger partial charge < -0.3 is 5.73 Å². The molecule has 1 aromatic heterocycles. The van der Waals surface area contributed by atoms with Crippen molar-refractivity contribution >= 4 is 0 Å². The van der Waals surface area contributed by atoms with Gasteiger partial charge in [0.25, 0.3) is 0 Å². The Morgan fingerprint density at radius 3 is 2.50 bits per heavy atom. The van der Waals surface area contributed by atoms with E-state index in [0.717, 1.165) is 6.20 Å². The van der Waals surface area contributed by atoms with E-state index < -0.39 is 12.2 Å². The van der Waals surface area contributed by atoms with Crippen molar-refractivity contribution < 1.29 is 13.2 Å². The zero-order valence-electron chi connectivity index (χ0n) is 6.34. The van der Waals surface area contributed by atoms with Gasteiger partial charge in [-0.1, -0.05) is 0 Å². The lowest BCUT2D eigenvalue weighted by Crippen LogP contribution is -2.28. The quantitative estimate of drug-likeness (QED) is 0.698. The number of nitrogens with zero attached hydrogens (tertiary/aromatic N) is 2. The molecule has 0 radical (unpaired) electrons. The molecule has 0 amide bonds. The van der Waals surface area contributed by atoms with Crippen molar-refractivity contribution in [1.29, 1.82) is 0 Å². The molecule has 0 aliphatic carbocycles. The summed E-state index contributed by atoms with van der Waals surface area (Å²) in [4.78, 5) is 0. The minimum absolute atomic E-state index is 0.0231. The summed E-state index contributed by atoms with van der Waals surface area (Å²) in [5.41, 5.74) is 4.88. The highest BCUT2D eigenvalue weighted by atomic mass is 19.4. The Morgan fingerprint density at radius 2 is 2.17 bits per heavy atom. The maximum Gasteiger partial charge on any atom is 0.407 e. The molecule has 0 saturated heterocycles. The van der Waals surface area contributed by atoms with Crippen LogP contribution in [0.2, 0.25) is 0 Å². The summed E-state index contributed by atoms with van der Waals surface area (Å²) in [7, 11) is 1.53. The van der Waals surface area contributed by atoms with Crippen LogP contribution in [0, 0.1) is 0 Å². The molecule has 2 N–H and O–H groups in total. The maximum atomic E-state index is 12.0. The first kappa shape index (κ1) is 9.05. The summed E-state index contributed by atoms with van der Waals surface area (Å²) < 4.78 is 37.2. The average molecular weight is 179 g/mol. The molecule has 1 unspecified atom stereocenters.